The van der Waals surface area contributed by atoms with E-state index in [0.29, 0.717) is 0 Å². The maximum absolute atomic E-state index is 11.0. The molecule has 0 unspecified atom stereocenters. The van der Waals surface area contributed by atoms with Gasteiger partial charge in [0.05, 0.1) is 5.54 Å². The van der Waals surface area contributed by atoms with Gasteiger partial charge in [0.2, 0.25) is 0 Å². The minimum atomic E-state index is -0.958. The molecule has 3 nitrogen and oxygen atoms in total. The van der Waals surface area contributed by atoms with Crippen LogP contribution in [0.3, 0.4) is 0 Å². The lowest BCUT2D eigenvalue weighted by atomic mass is 9.72. The van der Waals surface area contributed by atoms with Gasteiger partial charge in [-0.25, -0.2) is 4.79 Å². The molecule has 2 N–H and O–H groups in total. The van der Waals surface area contributed by atoms with Crippen LogP contribution in [0.1, 0.15) is 36.0 Å². The van der Waals surface area contributed by atoms with Crippen LogP contribution in [0.5, 0.6) is 0 Å². The fourth-order valence-electron chi connectivity index (χ4n) is 2.95. The van der Waals surface area contributed by atoms with Crippen LogP contribution >= 0.6 is 15.9 Å². The zero-order chi connectivity index (χ0) is 16.3. The summed E-state index contributed by atoms with van der Waals surface area (Å²) < 4.78 is 1.02. The Labute approximate surface area is 144 Å². The highest BCUT2D eigenvalue weighted by molar-refractivity contribution is 9.15. The molecule has 0 atom stereocenters. The Hall–Kier alpha value is -2.07. The van der Waals surface area contributed by atoms with Gasteiger partial charge >= 0.3 is 6.09 Å². The minimum absolute atomic E-state index is 0.398. The smallest absolute Gasteiger partial charge is 0.405 e. The van der Waals surface area contributed by atoms with E-state index < -0.39 is 11.6 Å². The van der Waals surface area contributed by atoms with Crippen LogP contribution in [0.4, 0.5) is 4.79 Å². The second-order valence-electron chi connectivity index (χ2n) is 5.85. The molecule has 0 aromatic heterocycles. The molecular formula is C19H18BrNO2. The van der Waals surface area contributed by atoms with Gasteiger partial charge < -0.3 is 10.4 Å². The number of benzene rings is 2. The Balaban J connectivity index is 1.81. The topological polar surface area (TPSA) is 49.3 Å². The van der Waals surface area contributed by atoms with Crippen molar-refractivity contribution in [1.29, 1.82) is 0 Å². The van der Waals surface area contributed by atoms with Crippen molar-refractivity contribution in [2.75, 3.05) is 0 Å². The normalized spacial score (nSPS) is 16.5. The van der Waals surface area contributed by atoms with Crippen molar-refractivity contribution in [2.45, 2.75) is 24.8 Å². The maximum atomic E-state index is 11.0. The SMILES string of the molecule is O=C(O)NC1(c2ccc(C=C(Br)c3ccccc3)cc2)CCC1. The number of rotatable bonds is 4. The molecule has 0 spiro atoms. The number of hydrogen-bond acceptors (Lipinski definition) is 1. The van der Waals surface area contributed by atoms with Gasteiger partial charge in [-0.1, -0.05) is 70.5 Å². The van der Waals surface area contributed by atoms with Gasteiger partial charge in [0.25, 0.3) is 0 Å². The van der Waals surface area contributed by atoms with Gasteiger partial charge in [0, 0.05) is 4.48 Å². The lowest BCUT2D eigenvalue weighted by Crippen LogP contribution is -2.50. The van der Waals surface area contributed by atoms with Crippen LogP contribution in [0.2, 0.25) is 0 Å². The van der Waals surface area contributed by atoms with Gasteiger partial charge in [-0.3, -0.25) is 0 Å². The standard InChI is InChI=1S/C19H18BrNO2/c20-17(15-5-2-1-3-6-15)13-14-7-9-16(10-8-14)19(11-4-12-19)21-18(22)23/h1-3,5-10,13,21H,4,11-12H2,(H,22,23). The summed E-state index contributed by atoms with van der Waals surface area (Å²) in [6, 6.07) is 18.2. The van der Waals surface area contributed by atoms with Crippen LogP contribution in [0.25, 0.3) is 10.6 Å². The first kappa shape index (κ1) is 15.8. The Kier molecular flexibility index (Phi) is 4.53. The number of halogens is 1. The van der Waals surface area contributed by atoms with Gasteiger partial charge in [-0.15, -0.1) is 0 Å². The van der Waals surface area contributed by atoms with Crippen molar-refractivity contribution in [1.82, 2.24) is 5.32 Å². The van der Waals surface area contributed by atoms with Crippen molar-refractivity contribution in [3.63, 3.8) is 0 Å². The summed E-state index contributed by atoms with van der Waals surface area (Å²) in [5.74, 6) is 0. The Morgan fingerprint density at radius 2 is 1.74 bits per heavy atom. The first-order valence-electron chi connectivity index (χ1n) is 7.63. The van der Waals surface area contributed by atoms with E-state index in [9.17, 15) is 4.79 Å². The summed E-state index contributed by atoms with van der Waals surface area (Å²) in [4.78, 5) is 11.0. The molecule has 1 fully saturated rings. The molecule has 0 bridgehead atoms. The van der Waals surface area contributed by atoms with Crippen molar-refractivity contribution < 1.29 is 9.90 Å². The summed E-state index contributed by atoms with van der Waals surface area (Å²) in [6.45, 7) is 0. The highest BCUT2D eigenvalue weighted by atomic mass is 79.9. The molecule has 1 aliphatic rings. The van der Waals surface area contributed by atoms with Gasteiger partial charge in [-0.05, 0) is 42.0 Å². The number of carboxylic acid groups (broad SMARTS) is 1. The van der Waals surface area contributed by atoms with E-state index >= 15 is 0 Å². The number of nitrogens with one attached hydrogen (secondary N) is 1. The van der Waals surface area contributed by atoms with Crippen LogP contribution in [0.15, 0.2) is 54.6 Å². The highest BCUT2D eigenvalue weighted by Crippen LogP contribution is 2.41. The number of amides is 1. The summed E-state index contributed by atoms with van der Waals surface area (Å²) in [7, 11) is 0. The van der Waals surface area contributed by atoms with Crippen LogP contribution in [-0.4, -0.2) is 11.2 Å². The lowest BCUT2D eigenvalue weighted by Gasteiger charge is -2.42. The monoisotopic (exact) mass is 371 g/mol. The minimum Gasteiger partial charge on any atom is -0.465 e. The summed E-state index contributed by atoms with van der Waals surface area (Å²) >= 11 is 3.61. The fourth-order valence-corrected chi connectivity index (χ4v) is 3.47. The molecule has 4 heteroatoms. The third-order valence-electron chi connectivity index (χ3n) is 4.36. The highest BCUT2D eigenvalue weighted by Gasteiger charge is 2.39. The van der Waals surface area contributed by atoms with Crippen LogP contribution < -0.4 is 5.32 Å². The lowest BCUT2D eigenvalue weighted by molar-refractivity contribution is 0.144. The molecule has 0 aliphatic heterocycles. The van der Waals surface area contributed by atoms with Crippen molar-refractivity contribution in [2.24, 2.45) is 0 Å². The quantitative estimate of drug-likeness (QED) is 0.723. The molecule has 0 radical (unpaired) electrons. The second-order valence-corrected chi connectivity index (χ2v) is 6.70. The molecule has 23 heavy (non-hydrogen) atoms. The summed E-state index contributed by atoms with van der Waals surface area (Å²) in [5, 5.41) is 11.7. The molecule has 1 saturated carbocycles. The molecular weight excluding hydrogens is 354 g/mol. The van der Waals surface area contributed by atoms with E-state index in [-0.39, 0.29) is 0 Å². The van der Waals surface area contributed by atoms with Gasteiger partial charge in [0.15, 0.2) is 0 Å². The van der Waals surface area contributed by atoms with Crippen molar-refractivity contribution in [3.05, 3.63) is 71.3 Å². The largest absolute Gasteiger partial charge is 0.465 e. The number of carbonyl (C=O) groups is 1. The first-order valence-corrected chi connectivity index (χ1v) is 8.43. The molecule has 2 aromatic rings. The molecule has 1 amide bonds. The third kappa shape index (κ3) is 3.48. The molecule has 118 valence electrons. The average molecular weight is 372 g/mol. The Morgan fingerprint density at radius 1 is 1.09 bits per heavy atom. The summed E-state index contributed by atoms with van der Waals surface area (Å²) in [5.41, 5.74) is 2.85. The molecule has 1 aliphatic carbocycles. The average Bonchev–Trinajstić information content (AvgIpc) is 2.52. The van der Waals surface area contributed by atoms with Gasteiger partial charge in [0.1, 0.15) is 0 Å². The second kappa shape index (κ2) is 6.59. The van der Waals surface area contributed by atoms with E-state index in [0.717, 1.165) is 40.4 Å². The zero-order valence-electron chi connectivity index (χ0n) is 12.6. The van der Waals surface area contributed by atoms with Crippen LogP contribution in [0, 0.1) is 0 Å². The van der Waals surface area contributed by atoms with E-state index in [1.165, 1.54) is 0 Å². The molecule has 0 heterocycles. The van der Waals surface area contributed by atoms with E-state index in [1.54, 1.807) is 0 Å². The molecule has 0 saturated heterocycles. The Morgan fingerprint density at radius 3 is 2.26 bits per heavy atom. The predicted molar refractivity (Wildman–Crippen MR) is 96.4 cm³/mol. The molecule has 3 rings (SSSR count). The maximum Gasteiger partial charge on any atom is 0.405 e. The van der Waals surface area contributed by atoms with E-state index in [1.807, 2.05) is 42.5 Å². The predicted octanol–water partition coefficient (Wildman–Crippen LogP) is 5.23. The van der Waals surface area contributed by atoms with Crippen molar-refractivity contribution >= 4 is 32.6 Å². The van der Waals surface area contributed by atoms with Crippen molar-refractivity contribution in [3.8, 4) is 0 Å². The first-order chi connectivity index (χ1) is 11.1. The zero-order valence-corrected chi connectivity index (χ0v) is 14.2. The number of hydrogen-bond donors (Lipinski definition) is 2. The summed E-state index contributed by atoms with van der Waals surface area (Å²) in [6.07, 6.45) is 3.89. The van der Waals surface area contributed by atoms with E-state index in [4.69, 9.17) is 5.11 Å². The fraction of sp³-hybridized carbons (Fsp3) is 0.211. The Bertz CT molecular complexity index is 719. The molecule has 2 aromatic carbocycles. The third-order valence-corrected chi connectivity index (χ3v) is 5.05. The van der Waals surface area contributed by atoms with Crippen LogP contribution in [-0.2, 0) is 5.54 Å². The van der Waals surface area contributed by atoms with Gasteiger partial charge in [-0.2, -0.15) is 0 Å². The van der Waals surface area contributed by atoms with E-state index in [2.05, 4.69) is 39.5 Å².